The van der Waals surface area contributed by atoms with Gasteiger partial charge in [-0.25, -0.2) is 0 Å². The van der Waals surface area contributed by atoms with Gasteiger partial charge in [-0.2, -0.15) is 0 Å². The highest BCUT2D eigenvalue weighted by Gasteiger charge is 2.17. The van der Waals surface area contributed by atoms with Gasteiger partial charge in [0.1, 0.15) is 0 Å². The first-order valence-electron chi connectivity index (χ1n) is 6.64. The first kappa shape index (κ1) is 14.5. The molecule has 17 heavy (non-hydrogen) atoms. The Balaban J connectivity index is 2.07. The smallest absolute Gasteiger partial charge is 0.220 e. The van der Waals surface area contributed by atoms with Gasteiger partial charge in [0, 0.05) is 26.1 Å². The molecule has 100 valence electrons. The molecule has 0 bridgehead atoms. The molecule has 1 fully saturated rings. The molecular formula is C13H26N2O2. The number of hydrogen-bond donors (Lipinski definition) is 2. The summed E-state index contributed by atoms with van der Waals surface area (Å²) in [6.07, 6.45) is 3.94. The predicted molar refractivity (Wildman–Crippen MR) is 68.9 cm³/mol. The van der Waals surface area contributed by atoms with Crippen LogP contribution in [-0.4, -0.2) is 38.3 Å². The Bertz CT molecular complexity index is 225. The number of methoxy groups -OCH3 is 1. The molecule has 2 N–H and O–H groups in total. The largest absolute Gasteiger partial charge is 0.382 e. The maximum Gasteiger partial charge on any atom is 0.220 e. The lowest BCUT2D eigenvalue weighted by Crippen LogP contribution is -2.42. The van der Waals surface area contributed by atoms with E-state index in [0.717, 1.165) is 19.5 Å². The number of nitrogens with one attached hydrogen (secondary N) is 2. The van der Waals surface area contributed by atoms with Gasteiger partial charge < -0.3 is 15.4 Å². The van der Waals surface area contributed by atoms with Crippen LogP contribution >= 0.6 is 0 Å². The normalized spacial score (nSPS) is 26.5. The second kappa shape index (κ2) is 7.67. The Morgan fingerprint density at radius 1 is 1.53 bits per heavy atom. The monoisotopic (exact) mass is 242 g/mol. The highest BCUT2D eigenvalue weighted by Crippen LogP contribution is 2.13. The van der Waals surface area contributed by atoms with Crippen molar-refractivity contribution in [2.75, 3.05) is 20.2 Å². The van der Waals surface area contributed by atoms with E-state index < -0.39 is 0 Å². The van der Waals surface area contributed by atoms with E-state index in [0.29, 0.717) is 18.4 Å². The summed E-state index contributed by atoms with van der Waals surface area (Å²) >= 11 is 0. The van der Waals surface area contributed by atoms with Crippen LogP contribution in [0.25, 0.3) is 0 Å². The summed E-state index contributed by atoms with van der Waals surface area (Å²) in [6.45, 7) is 6.02. The summed E-state index contributed by atoms with van der Waals surface area (Å²) in [5.41, 5.74) is 0. The molecule has 1 amide bonds. The molecule has 0 spiro atoms. The van der Waals surface area contributed by atoms with Crippen LogP contribution < -0.4 is 10.6 Å². The number of carbonyl (C=O) groups excluding carboxylic acids is 1. The molecule has 0 saturated carbocycles. The highest BCUT2D eigenvalue weighted by atomic mass is 16.5. The predicted octanol–water partition coefficient (Wildman–Crippen LogP) is 1.31. The van der Waals surface area contributed by atoms with E-state index in [1.807, 2.05) is 6.92 Å². The lowest BCUT2D eigenvalue weighted by molar-refractivity contribution is -0.121. The molecule has 1 aliphatic heterocycles. The van der Waals surface area contributed by atoms with Crippen LogP contribution in [0.15, 0.2) is 0 Å². The van der Waals surface area contributed by atoms with E-state index >= 15 is 0 Å². The van der Waals surface area contributed by atoms with Gasteiger partial charge in [-0.15, -0.1) is 0 Å². The molecule has 0 aromatic carbocycles. The van der Waals surface area contributed by atoms with Crippen LogP contribution in [0, 0.1) is 5.92 Å². The average Bonchev–Trinajstić information content (AvgIpc) is 2.35. The number of piperidine rings is 1. The van der Waals surface area contributed by atoms with Gasteiger partial charge in [-0.05, 0) is 45.6 Å². The molecular weight excluding hydrogens is 216 g/mol. The van der Waals surface area contributed by atoms with Crippen molar-refractivity contribution < 1.29 is 9.53 Å². The van der Waals surface area contributed by atoms with Crippen LogP contribution in [0.3, 0.4) is 0 Å². The van der Waals surface area contributed by atoms with Gasteiger partial charge in [-0.1, -0.05) is 0 Å². The number of hydrogen-bond acceptors (Lipinski definition) is 3. The molecule has 0 aromatic heterocycles. The molecule has 4 nitrogen and oxygen atoms in total. The van der Waals surface area contributed by atoms with Gasteiger partial charge in [0.25, 0.3) is 0 Å². The molecule has 0 radical (unpaired) electrons. The quantitative estimate of drug-likeness (QED) is 0.738. The van der Waals surface area contributed by atoms with Crippen molar-refractivity contribution in [2.24, 2.45) is 5.92 Å². The van der Waals surface area contributed by atoms with E-state index in [4.69, 9.17) is 4.74 Å². The third kappa shape index (κ3) is 6.03. The summed E-state index contributed by atoms with van der Waals surface area (Å²) in [5.74, 6) is 0.738. The van der Waals surface area contributed by atoms with Crippen LogP contribution in [0.2, 0.25) is 0 Å². The zero-order valence-corrected chi connectivity index (χ0v) is 11.3. The molecule has 1 heterocycles. The van der Waals surface area contributed by atoms with Gasteiger partial charge in [0.15, 0.2) is 0 Å². The van der Waals surface area contributed by atoms with Crippen molar-refractivity contribution in [3.05, 3.63) is 0 Å². The summed E-state index contributed by atoms with van der Waals surface area (Å²) in [6, 6.07) is 0.629. The van der Waals surface area contributed by atoms with Crippen molar-refractivity contribution in [3.63, 3.8) is 0 Å². The summed E-state index contributed by atoms with van der Waals surface area (Å²) in [4.78, 5) is 11.6. The standard InChI is InChI=1S/C13H26N2O2/c1-10-4-6-12(8-14-10)9-15-13(16)7-5-11(2)17-3/h10-12,14H,4-9H2,1-3H3,(H,15,16). The fraction of sp³-hybridized carbons (Fsp3) is 0.923. The second-order valence-electron chi connectivity index (χ2n) is 5.14. The lowest BCUT2D eigenvalue weighted by atomic mass is 9.95. The summed E-state index contributed by atoms with van der Waals surface area (Å²) in [7, 11) is 1.68. The van der Waals surface area contributed by atoms with E-state index in [2.05, 4.69) is 17.6 Å². The molecule has 1 rings (SSSR count). The molecule has 0 aromatic rings. The molecule has 1 saturated heterocycles. The van der Waals surface area contributed by atoms with E-state index in [1.165, 1.54) is 12.8 Å². The van der Waals surface area contributed by atoms with Crippen molar-refractivity contribution in [1.82, 2.24) is 10.6 Å². The van der Waals surface area contributed by atoms with Gasteiger partial charge in [0.2, 0.25) is 5.91 Å². The summed E-state index contributed by atoms with van der Waals surface area (Å²) in [5, 5.41) is 6.46. The minimum atomic E-state index is 0.146. The molecule has 0 aliphatic carbocycles. The van der Waals surface area contributed by atoms with Crippen molar-refractivity contribution in [3.8, 4) is 0 Å². The minimum absolute atomic E-state index is 0.146. The lowest BCUT2D eigenvalue weighted by Gasteiger charge is -2.27. The Hall–Kier alpha value is -0.610. The highest BCUT2D eigenvalue weighted by molar-refractivity contribution is 5.75. The second-order valence-corrected chi connectivity index (χ2v) is 5.14. The number of ether oxygens (including phenoxy) is 1. The Labute approximate surface area is 104 Å². The minimum Gasteiger partial charge on any atom is -0.382 e. The zero-order valence-electron chi connectivity index (χ0n) is 11.3. The van der Waals surface area contributed by atoms with E-state index in [9.17, 15) is 4.79 Å². The van der Waals surface area contributed by atoms with Crippen LogP contribution in [-0.2, 0) is 9.53 Å². The molecule has 1 aliphatic rings. The molecule has 3 unspecified atom stereocenters. The topological polar surface area (TPSA) is 50.4 Å². The van der Waals surface area contributed by atoms with Crippen molar-refractivity contribution in [1.29, 1.82) is 0 Å². The average molecular weight is 242 g/mol. The van der Waals surface area contributed by atoms with Crippen LogP contribution in [0.5, 0.6) is 0 Å². The SMILES string of the molecule is COC(C)CCC(=O)NCC1CCC(C)NC1. The summed E-state index contributed by atoms with van der Waals surface area (Å²) < 4.78 is 5.12. The van der Waals surface area contributed by atoms with Gasteiger partial charge in [0.05, 0.1) is 6.10 Å². The first-order chi connectivity index (χ1) is 8.11. The Morgan fingerprint density at radius 3 is 2.88 bits per heavy atom. The molecule has 3 atom stereocenters. The fourth-order valence-electron chi connectivity index (χ4n) is 2.03. The van der Waals surface area contributed by atoms with Crippen molar-refractivity contribution >= 4 is 5.91 Å². The molecule has 4 heteroatoms. The van der Waals surface area contributed by atoms with Crippen LogP contribution in [0.1, 0.15) is 39.5 Å². The van der Waals surface area contributed by atoms with Gasteiger partial charge >= 0.3 is 0 Å². The third-order valence-corrected chi connectivity index (χ3v) is 3.53. The third-order valence-electron chi connectivity index (χ3n) is 3.53. The maximum atomic E-state index is 11.6. The number of carbonyl (C=O) groups is 1. The Morgan fingerprint density at radius 2 is 2.29 bits per heavy atom. The number of rotatable bonds is 6. The van der Waals surface area contributed by atoms with Gasteiger partial charge in [-0.3, -0.25) is 4.79 Å². The maximum absolute atomic E-state index is 11.6. The first-order valence-corrected chi connectivity index (χ1v) is 6.64. The van der Waals surface area contributed by atoms with Crippen molar-refractivity contribution in [2.45, 2.75) is 51.7 Å². The zero-order chi connectivity index (χ0) is 12.7. The Kier molecular flexibility index (Phi) is 6.52. The van der Waals surface area contributed by atoms with Crippen LogP contribution in [0.4, 0.5) is 0 Å². The van der Waals surface area contributed by atoms with E-state index in [-0.39, 0.29) is 12.0 Å². The fourth-order valence-corrected chi connectivity index (χ4v) is 2.03. The van der Waals surface area contributed by atoms with E-state index in [1.54, 1.807) is 7.11 Å². The number of amides is 1.